The normalized spacial score (nSPS) is 12.9. The molecule has 0 aliphatic rings. The third kappa shape index (κ3) is 5.11. The van der Waals surface area contributed by atoms with E-state index in [-0.39, 0.29) is 18.4 Å². The van der Waals surface area contributed by atoms with Gasteiger partial charge in [0.1, 0.15) is 6.04 Å². The molecule has 1 unspecified atom stereocenters. The minimum absolute atomic E-state index is 0.0264. The van der Waals surface area contributed by atoms with Crippen molar-refractivity contribution in [3.63, 3.8) is 0 Å². The summed E-state index contributed by atoms with van der Waals surface area (Å²) in [6.45, 7) is 6.39. The van der Waals surface area contributed by atoms with Crippen molar-refractivity contribution < 1.29 is 14.7 Å². The van der Waals surface area contributed by atoms with Gasteiger partial charge in [0.2, 0.25) is 5.91 Å². The monoisotopic (exact) mass is 230 g/mol. The maximum Gasteiger partial charge on any atom is 0.321 e. The number of nitrogens with zero attached hydrogens (tertiary/aromatic N) is 1. The van der Waals surface area contributed by atoms with Crippen LogP contribution in [0.3, 0.4) is 0 Å². The van der Waals surface area contributed by atoms with Crippen molar-refractivity contribution in [3.05, 3.63) is 0 Å². The summed E-state index contributed by atoms with van der Waals surface area (Å²) in [5.41, 5.74) is 0. The zero-order chi connectivity index (χ0) is 12.7. The predicted octanol–water partition coefficient (Wildman–Crippen LogP) is 0.554. The van der Waals surface area contributed by atoms with Crippen LogP contribution < -0.4 is 5.32 Å². The maximum atomic E-state index is 11.4. The lowest BCUT2D eigenvalue weighted by molar-refractivity contribution is -0.145. The number of rotatable bonds is 7. The topological polar surface area (TPSA) is 69.6 Å². The van der Waals surface area contributed by atoms with E-state index in [4.69, 9.17) is 5.11 Å². The summed E-state index contributed by atoms with van der Waals surface area (Å²) in [5, 5.41) is 11.8. The summed E-state index contributed by atoms with van der Waals surface area (Å²) in [5.74, 6) is -1.04. The minimum atomic E-state index is -0.888. The Kier molecular flexibility index (Phi) is 6.72. The van der Waals surface area contributed by atoms with E-state index < -0.39 is 12.0 Å². The van der Waals surface area contributed by atoms with Crippen LogP contribution in [0.5, 0.6) is 0 Å². The van der Waals surface area contributed by atoms with Crippen molar-refractivity contribution in [3.8, 4) is 0 Å². The zero-order valence-electron chi connectivity index (χ0n) is 10.5. The molecule has 94 valence electrons. The van der Waals surface area contributed by atoms with Crippen LogP contribution in [0.2, 0.25) is 0 Å². The molecule has 16 heavy (non-hydrogen) atoms. The first-order chi connectivity index (χ1) is 7.40. The van der Waals surface area contributed by atoms with Crippen LogP contribution in [0.25, 0.3) is 0 Å². The first-order valence-corrected chi connectivity index (χ1v) is 5.59. The smallest absolute Gasteiger partial charge is 0.321 e. The van der Waals surface area contributed by atoms with Gasteiger partial charge in [-0.3, -0.25) is 14.5 Å². The largest absolute Gasteiger partial charge is 0.480 e. The molecule has 0 radical (unpaired) electrons. The fraction of sp³-hybridized carbons (Fsp3) is 0.818. The highest BCUT2D eigenvalue weighted by Crippen LogP contribution is 2.08. The summed E-state index contributed by atoms with van der Waals surface area (Å²) >= 11 is 0. The molecule has 0 bridgehead atoms. The van der Waals surface area contributed by atoms with Crippen molar-refractivity contribution in [2.45, 2.75) is 33.2 Å². The second-order valence-electron chi connectivity index (χ2n) is 4.29. The highest BCUT2D eigenvalue weighted by molar-refractivity contribution is 5.79. The third-order valence-corrected chi connectivity index (χ3v) is 2.32. The van der Waals surface area contributed by atoms with E-state index in [1.807, 2.05) is 20.8 Å². The second-order valence-corrected chi connectivity index (χ2v) is 4.29. The van der Waals surface area contributed by atoms with Gasteiger partial charge in [0.05, 0.1) is 6.54 Å². The molecule has 0 spiro atoms. The van der Waals surface area contributed by atoms with Gasteiger partial charge in [-0.2, -0.15) is 0 Å². The summed E-state index contributed by atoms with van der Waals surface area (Å²) in [4.78, 5) is 24.0. The number of carboxylic acid groups (broad SMARTS) is 1. The molecule has 5 nitrogen and oxygen atoms in total. The lowest BCUT2D eigenvalue weighted by Gasteiger charge is -2.26. The molecular weight excluding hydrogens is 208 g/mol. The SMILES string of the molecule is CCCNC(=O)CN(C)C(C(=O)O)C(C)C. The number of carbonyl (C=O) groups excluding carboxylic acids is 1. The number of likely N-dealkylation sites (N-methyl/N-ethyl adjacent to an activating group) is 1. The summed E-state index contributed by atoms with van der Waals surface area (Å²) < 4.78 is 0. The lowest BCUT2D eigenvalue weighted by atomic mass is 10.0. The Hall–Kier alpha value is -1.10. The zero-order valence-corrected chi connectivity index (χ0v) is 10.5. The molecule has 0 aromatic rings. The molecule has 1 amide bonds. The maximum absolute atomic E-state index is 11.4. The standard InChI is InChI=1S/C11H22N2O3/c1-5-6-12-9(14)7-13(4)10(8(2)3)11(15)16/h8,10H,5-7H2,1-4H3,(H,12,14)(H,15,16). The van der Waals surface area contributed by atoms with Gasteiger partial charge in [0.15, 0.2) is 0 Å². The second kappa shape index (κ2) is 7.22. The fourth-order valence-electron chi connectivity index (χ4n) is 1.63. The molecule has 5 heteroatoms. The van der Waals surface area contributed by atoms with Gasteiger partial charge >= 0.3 is 5.97 Å². The van der Waals surface area contributed by atoms with Gasteiger partial charge < -0.3 is 10.4 Å². The van der Waals surface area contributed by atoms with E-state index in [1.54, 1.807) is 11.9 Å². The minimum Gasteiger partial charge on any atom is -0.480 e. The molecule has 0 fully saturated rings. The third-order valence-electron chi connectivity index (χ3n) is 2.32. The van der Waals surface area contributed by atoms with Gasteiger partial charge in [0, 0.05) is 6.54 Å². The Morgan fingerprint density at radius 1 is 1.38 bits per heavy atom. The molecule has 0 saturated heterocycles. The van der Waals surface area contributed by atoms with Crippen LogP contribution >= 0.6 is 0 Å². The van der Waals surface area contributed by atoms with Crippen molar-refractivity contribution in [1.29, 1.82) is 0 Å². The van der Waals surface area contributed by atoms with Crippen LogP contribution in [-0.2, 0) is 9.59 Å². The molecule has 1 atom stereocenters. The van der Waals surface area contributed by atoms with Crippen molar-refractivity contribution >= 4 is 11.9 Å². The summed E-state index contributed by atoms with van der Waals surface area (Å²) in [7, 11) is 1.66. The quantitative estimate of drug-likeness (QED) is 0.670. The van der Waals surface area contributed by atoms with E-state index in [2.05, 4.69) is 5.32 Å². The highest BCUT2D eigenvalue weighted by atomic mass is 16.4. The Labute approximate surface area is 96.8 Å². The number of hydrogen-bond acceptors (Lipinski definition) is 3. The fourth-order valence-corrected chi connectivity index (χ4v) is 1.63. The van der Waals surface area contributed by atoms with Crippen LogP contribution in [0, 0.1) is 5.92 Å². The molecule has 0 aromatic carbocycles. The number of carboxylic acids is 1. The van der Waals surface area contributed by atoms with E-state index >= 15 is 0 Å². The molecule has 0 rings (SSSR count). The van der Waals surface area contributed by atoms with E-state index in [9.17, 15) is 9.59 Å². The van der Waals surface area contributed by atoms with Crippen molar-refractivity contribution in [2.75, 3.05) is 20.1 Å². The lowest BCUT2D eigenvalue weighted by Crippen LogP contribution is -2.47. The number of carbonyl (C=O) groups is 2. The number of amides is 1. The van der Waals surface area contributed by atoms with E-state index in [1.165, 1.54) is 0 Å². The van der Waals surface area contributed by atoms with Gasteiger partial charge in [0.25, 0.3) is 0 Å². The van der Waals surface area contributed by atoms with Gasteiger partial charge in [-0.25, -0.2) is 0 Å². The number of hydrogen-bond donors (Lipinski definition) is 2. The molecule has 0 saturated carbocycles. The van der Waals surface area contributed by atoms with Gasteiger partial charge in [-0.15, -0.1) is 0 Å². The summed E-state index contributed by atoms with van der Waals surface area (Å²) in [6.07, 6.45) is 0.877. The van der Waals surface area contributed by atoms with Crippen LogP contribution in [0.4, 0.5) is 0 Å². The average Bonchev–Trinajstić information content (AvgIpc) is 2.13. The summed E-state index contributed by atoms with van der Waals surface area (Å²) in [6, 6.07) is -0.618. The van der Waals surface area contributed by atoms with Crippen molar-refractivity contribution in [1.82, 2.24) is 10.2 Å². The molecule has 2 N–H and O–H groups in total. The molecule has 0 aromatic heterocycles. The molecular formula is C11H22N2O3. The van der Waals surface area contributed by atoms with Gasteiger partial charge in [-0.1, -0.05) is 20.8 Å². The average molecular weight is 230 g/mol. The first-order valence-electron chi connectivity index (χ1n) is 5.59. The van der Waals surface area contributed by atoms with E-state index in [0.717, 1.165) is 6.42 Å². The number of aliphatic carboxylic acids is 1. The Morgan fingerprint density at radius 2 is 1.94 bits per heavy atom. The van der Waals surface area contributed by atoms with E-state index in [0.29, 0.717) is 6.54 Å². The molecule has 0 heterocycles. The van der Waals surface area contributed by atoms with Gasteiger partial charge in [-0.05, 0) is 19.4 Å². The Morgan fingerprint density at radius 3 is 2.31 bits per heavy atom. The predicted molar refractivity (Wildman–Crippen MR) is 62.2 cm³/mol. The molecule has 0 aliphatic carbocycles. The van der Waals surface area contributed by atoms with Crippen molar-refractivity contribution in [2.24, 2.45) is 5.92 Å². The molecule has 0 aliphatic heterocycles. The Balaban J connectivity index is 4.25. The van der Waals surface area contributed by atoms with Crippen LogP contribution in [-0.4, -0.2) is 48.1 Å². The Bertz CT molecular complexity index is 241. The van der Waals surface area contributed by atoms with Crippen LogP contribution in [0.1, 0.15) is 27.2 Å². The number of nitrogens with one attached hydrogen (secondary N) is 1. The van der Waals surface area contributed by atoms with Crippen LogP contribution in [0.15, 0.2) is 0 Å². The first kappa shape index (κ1) is 14.9. The highest BCUT2D eigenvalue weighted by Gasteiger charge is 2.27.